The Morgan fingerprint density at radius 1 is 1.60 bits per heavy atom. The zero-order valence-electron chi connectivity index (χ0n) is 12.0. The molecule has 0 amide bonds. The Morgan fingerprint density at radius 3 is 3.00 bits per heavy atom. The predicted molar refractivity (Wildman–Crippen MR) is 76.6 cm³/mol. The van der Waals surface area contributed by atoms with E-state index in [0.29, 0.717) is 19.0 Å². The number of piperidine rings is 1. The van der Waals surface area contributed by atoms with Gasteiger partial charge in [-0.25, -0.2) is 12.7 Å². The van der Waals surface area contributed by atoms with Crippen molar-refractivity contribution in [2.24, 2.45) is 5.92 Å². The van der Waals surface area contributed by atoms with E-state index in [-0.39, 0.29) is 6.04 Å². The Morgan fingerprint density at radius 2 is 2.40 bits per heavy atom. The molecule has 20 heavy (non-hydrogen) atoms. The van der Waals surface area contributed by atoms with Gasteiger partial charge in [-0.3, -0.25) is 0 Å². The van der Waals surface area contributed by atoms with Crippen molar-refractivity contribution in [2.45, 2.75) is 32.2 Å². The van der Waals surface area contributed by atoms with E-state index in [1.165, 1.54) is 6.26 Å². The number of sulfonamides is 1. The van der Waals surface area contributed by atoms with Gasteiger partial charge in [0.05, 0.1) is 24.2 Å². The SMILES string of the molecule is CCNC(CC1CCCN(S(C)(=O)=O)C1)c1cn[nH]n1. The summed E-state index contributed by atoms with van der Waals surface area (Å²) in [4.78, 5) is 0. The number of rotatable bonds is 6. The van der Waals surface area contributed by atoms with Crippen LogP contribution in [0.3, 0.4) is 0 Å². The van der Waals surface area contributed by atoms with Gasteiger partial charge in [-0.2, -0.15) is 15.4 Å². The van der Waals surface area contributed by atoms with Crippen molar-refractivity contribution >= 4 is 10.0 Å². The maximum Gasteiger partial charge on any atom is 0.211 e. The number of H-pyrrole nitrogens is 1. The molecule has 7 nitrogen and oxygen atoms in total. The molecule has 2 N–H and O–H groups in total. The minimum Gasteiger partial charge on any atom is -0.309 e. The molecule has 2 heterocycles. The van der Waals surface area contributed by atoms with Crippen molar-refractivity contribution < 1.29 is 8.42 Å². The second-order valence-electron chi connectivity index (χ2n) is 5.37. The normalized spacial score (nSPS) is 22.8. The lowest BCUT2D eigenvalue weighted by Crippen LogP contribution is -2.40. The monoisotopic (exact) mass is 301 g/mol. The lowest BCUT2D eigenvalue weighted by atomic mass is 9.91. The molecular formula is C12H23N5O2S. The van der Waals surface area contributed by atoms with Gasteiger partial charge in [-0.05, 0) is 31.7 Å². The van der Waals surface area contributed by atoms with E-state index in [0.717, 1.165) is 31.5 Å². The molecule has 2 rings (SSSR count). The second-order valence-corrected chi connectivity index (χ2v) is 7.35. The molecule has 0 radical (unpaired) electrons. The van der Waals surface area contributed by atoms with E-state index in [9.17, 15) is 8.42 Å². The first-order valence-corrected chi connectivity index (χ1v) is 8.89. The molecule has 1 aromatic heterocycles. The highest BCUT2D eigenvalue weighted by Crippen LogP contribution is 2.27. The Labute approximate surface area is 120 Å². The van der Waals surface area contributed by atoms with Crippen molar-refractivity contribution in [2.75, 3.05) is 25.9 Å². The van der Waals surface area contributed by atoms with Crippen LogP contribution in [0.1, 0.15) is 37.9 Å². The van der Waals surface area contributed by atoms with Gasteiger partial charge in [-0.1, -0.05) is 6.92 Å². The molecule has 0 bridgehead atoms. The molecule has 1 aliphatic heterocycles. The second kappa shape index (κ2) is 6.64. The van der Waals surface area contributed by atoms with Crippen LogP contribution in [-0.4, -0.2) is 54.0 Å². The predicted octanol–water partition coefficient (Wildman–Crippen LogP) is 0.517. The quantitative estimate of drug-likeness (QED) is 0.799. The van der Waals surface area contributed by atoms with Crippen LogP contribution in [-0.2, 0) is 10.0 Å². The number of nitrogens with one attached hydrogen (secondary N) is 2. The Bertz CT molecular complexity index is 502. The highest BCUT2D eigenvalue weighted by Gasteiger charge is 2.28. The van der Waals surface area contributed by atoms with Gasteiger partial charge in [0.1, 0.15) is 0 Å². The van der Waals surface area contributed by atoms with Gasteiger partial charge in [0, 0.05) is 13.1 Å². The lowest BCUT2D eigenvalue weighted by Gasteiger charge is -2.32. The van der Waals surface area contributed by atoms with Crippen molar-refractivity contribution in [3.63, 3.8) is 0 Å². The third-order valence-corrected chi connectivity index (χ3v) is 5.03. The van der Waals surface area contributed by atoms with Crippen LogP contribution in [0, 0.1) is 5.92 Å². The zero-order valence-corrected chi connectivity index (χ0v) is 12.9. The lowest BCUT2D eigenvalue weighted by molar-refractivity contribution is 0.237. The van der Waals surface area contributed by atoms with Crippen LogP contribution in [0.15, 0.2) is 6.20 Å². The van der Waals surface area contributed by atoms with Gasteiger partial charge < -0.3 is 5.32 Å². The smallest absolute Gasteiger partial charge is 0.211 e. The first-order valence-electron chi connectivity index (χ1n) is 7.05. The number of aromatic amines is 1. The summed E-state index contributed by atoms with van der Waals surface area (Å²) in [6.07, 6.45) is 5.88. The van der Waals surface area contributed by atoms with Crippen LogP contribution >= 0.6 is 0 Å². The van der Waals surface area contributed by atoms with E-state index < -0.39 is 10.0 Å². The molecule has 0 aromatic carbocycles. The summed E-state index contributed by atoms with van der Waals surface area (Å²) in [6, 6.07) is 0.128. The van der Waals surface area contributed by atoms with E-state index in [4.69, 9.17) is 0 Å². The summed E-state index contributed by atoms with van der Waals surface area (Å²) in [6.45, 7) is 4.15. The van der Waals surface area contributed by atoms with E-state index >= 15 is 0 Å². The van der Waals surface area contributed by atoms with Gasteiger partial charge >= 0.3 is 0 Å². The number of aromatic nitrogens is 3. The van der Waals surface area contributed by atoms with Gasteiger partial charge in [0.25, 0.3) is 0 Å². The molecule has 1 aliphatic rings. The largest absolute Gasteiger partial charge is 0.309 e. The fraction of sp³-hybridized carbons (Fsp3) is 0.833. The summed E-state index contributed by atoms with van der Waals surface area (Å²) >= 11 is 0. The molecule has 2 atom stereocenters. The van der Waals surface area contributed by atoms with Crippen LogP contribution in [0.5, 0.6) is 0 Å². The van der Waals surface area contributed by atoms with Crippen molar-refractivity contribution in [3.05, 3.63) is 11.9 Å². The summed E-state index contributed by atoms with van der Waals surface area (Å²) < 4.78 is 24.9. The van der Waals surface area contributed by atoms with Gasteiger partial charge in [-0.15, -0.1) is 0 Å². The maximum absolute atomic E-state index is 11.7. The summed E-state index contributed by atoms with van der Waals surface area (Å²) in [5, 5.41) is 14.0. The first kappa shape index (κ1) is 15.4. The minimum absolute atomic E-state index is 0.128. The number of nitrogens with zero attached hydrogens (tertiary/aromatic N) is 3. The van der Waals surface area contributed by atoms with Crippen molar-refractivity contribution in [3.8, 4) is 0 Å². The van der Waals surface area contributed by atoms with E-state index in [2.05, 4.69) is 27.7 Å². The van der Waals surface area contributed by atoms with E-state index in [1.807, 2.05) is 0 Å². The highest BCUT2D eigenvalue weighted by molar-refractivity contribution is 7.88. The molecule has 2 unspecified atom stereocenters. The van der Waals surface area contributed by atoms with Gasteiger partial charge in [0.2, 0.25) is 10.0 Å². The van der Waals surface area contributed by atoms with Crippen molar-refractivity contribution in [1.82, 2.24) is 25.0 Å². The van der Waals surface area contributed by atoms with Crippen molar-refractivity contribution in [1.29, 1.82) is 0 Å². The van der Waals surface area contributed by atoms with Crippen LogP contribution in [0.4, 0.5) is 0 Å². The summed E-state index contributed by atoms with van der Waals surface area (Å²) in [5.74, 6) is 0.360. The zero-order chi connectivity index (χ0) is 14.6. The fourth-order valence-electron chi connectivity index (χ4n) is 2.79. The summed E-state index contributed by atoms with van der Waals surface area (Å²) in [7, 11) is -3.08. The topological polar surface area (TPSA) is 91.0 Å². The molecule has 1 aromatic rings. The maximum atomic E-state index is 11.7. The first-order chi connectivity index (χ1) is 9.50. The van der Waals surface area contributed by atoms with E-state index in [1.54, 1.807) is 10.5 Å². The standard InChI is InChI=1S/C12H23N5O2S/c1-3-13-11(12-8-14-16-15-12)7-10-5-4-6-17(9-10)20(2,18)19/h8,10-11,13H,3-7,9H2,1-2H3,(H,14,15,16). The highest BCUT2D eigenvalue weighted by atomic mass is 32.2. The van der Waals surface area contributed by atoms with Crippen LogP contribution < -0.4 is 5.32 Å². The molecular weight excluding hydrogens is 278 g/mol. The Balaban J connectivity index is 2.00. The molecule has 0 spiro atoms. The Kier molecular flexibility index (Phi) is 5.11. The third-order valence-electron chi connectivity index (χ3n) is 3.76. The number of hydrogen-bond acceptors (Lipinski definition) is 5. The fourth-order valence-corrected chi connectivity index (χ4v) is 3.73. The molecule has 8 heteroatoms. The molecule has 114 valence electrons. The molecule has 1 saturated heterocycles. The van der Waals surface area contributed by atoms with Crippen LogP contribution in [0.2, 0.25) is 0 Å². The Hall–Kier alpha value is -0.990. The average molecular weight is 301 g/mol. The minimum atomic E-state index is -3.08. The van der Waals surface area contributed by atoms with Gasteiger partial charge in [0.15, 0.2) is 0 Å². The molecule has 0 aliphatic carbocycles. The average Bonchev–Trinajstić information content (AvgIpc) is 2.91. The third kappa shape index (κ3) is 4.00. The van der Waals surface area contributed by atoms with Crippen LogP contribution in [0.25, 0.3) is 0 Å². The number of hydrogen-bond donors (Lipinski definition) is 2. The molecule has 1 fully saturated rings. The molecule has 0 saturated carbocycles. The summed E-state index contributed by atoms with van der Waals surface area (Å²) in [5.41, 5.74) is 0.892.